The number of aliphatic carboxylic acids is 1. The quantitative estimate of drug-likeness (QED) is 0.677. The van der Waals surface area contributed by atoms with Crippen molar-refractivity contribution in [1.29, 1.82) is 0 Å². The molecule has 74 valence electrons. The van der Waals surface area contributed by atoms with Crippen LogP contribution >= 0.6 is 0 Å². The summed E-state index contributed by atoms with van der Waals surface area (Å²) in [6, 6.07) is 0. The molecule has 0 saturated heterocycles. The number of fused-ring (bicyclic) bond motifs is 1. The minimum Gasteiger partial charge on any atom is -0.481 e. The molecule has 3 unspecified atom stereocenters. The van der Waals surface area contributed by atoms with E-state index in [1.165, 1.54) is 19.3 Å². The number of hydrogen-bond donors (Lipinski definition) is 1. The maximum Gasteiger partial charge on any atom is 0.306 e. The van der Waals surface area contributed by atoms with Crippen molar-refractivity contribution in [1.82, 2.24) is 0 Å². The third kappa shape index (κ3) is 1.36. The highest BCUT2D eigenvalue weighted by atomic mass is 16.4. The molecule has 13 heavy (non-hydrogen) atoms. The standard InChI is InChI=1S/C11H18O2/c1-11-6-3-2-4-9(11)8(5-7-11)10(12)13/h8-9H,2-7H2,1H3,(H,12,13). The van der Waals surface area contributed by atoms with E-state index in [0.29, 0.717) is 11.3 Å². The zero-order valence-electron chi connectivity index (χ0n) is 8.25. The van der Waals surface area contributed by atoms with Crippen LogP contribution in [-0.2, 0) is 4.79 Å². The molecule has 0 amide bonds. The van der Waals surface area contributed by atoms with Gasteiger partial charge in [-0.05, 0) is 37.0 Å². The minimum absolute atomic E-state index is 0.0368. The number of rotatable bonds is 1. The molecule has 0 aliphatic heterocycles. The summed E-state index contributed by atoms with van der Waals surface area (Å²) in [5.41, 5.74) is 0.362. The second-order valence-corrected chi connectivity index (χ2v) is 4.99. The van der Waals surface area contributed by atoms with Crippen molar-refractivity contribution >= 4 is 5.97 Å². The van der Waals surface area contributed by atoms with Crippen LogP contribution in [0.1, 0.15) is 45.4 Å². The van der Waals surface area contributed by atoms with E-state index in [0.717, 1.165) is 19.3 Å². The largest absolute Gasteiger partial charge is 0.481 e. The molecule has 0 aromatic heterocycles. The van der Waals surface area contributed by atoms with Gasteiger partial charge in [0.1, 0.15) is 0 Å². The van der Waals surface area contributed by atoms with Crippen LogP contribution in [0.15, 0.2) is 0 Å². The molecule has 3 atom stereocenters. The van der Waals surface area contributed by atoms with Gasteiger partial charge in [0.05, 0.1) is 5.92 Å². The van der Waals surface area contributed by atoms with Gasteiger partial charge in [-0.2, -0.15) is 0 Å². The van der Waals surface area contributed by atoms with Crippen LogP contribution in [0.4, 0.5) is 0 Å². The van der Waals surface area contributed by atoms with E-state index in [2.05, 4.69) is 6.92 Å². The molecule has 0 aromatic carbocycles. The highest BCUT2D eigenvalue weighted by Gasteiger charge is 2.48. The van der Waals surface area contributed by atoms with E-state index < -0.39 is 5.97 Å². The molecule has 2 fully saturated rings. The molecule has 2 nitrogen and oxygen atoms in total. The molecular weight excluding hydrogens is 164 g/mol. The molecule has 2 aliphatic rings. The third-order valence-corrected chi connectivity index (χ3v) is 4.24. The summed E-state index contributed by atoms with van der Waals surface area (Å²) in [4.78, 5) is 11.0. The van der Waals surface area contributed by atoms with Crippen LogP contribution in [0.3, 0.4) is 0 Å². The fraction of sp³-hybridized carbons (Fsp3) is 0.909. The van der Waals surface area contributed by atoms with E-state index in [9.17, 15) is 4.79 Å². The van der Waals surface area contributed by atoms with Crippen molar-refractivity contribution in [3.8, 4) is 0 Å². The molecule has 0 radical (unpaired) electrons. The Kier molecular flexibility index (Phi) is 2.09. The average Bonchev–Trinajstić information content (AvgIpc) is 2.41. The molecule has 0 bridgehead atoms. The van der Waals surface area contributed by atoms with Crippen LogP contribution in [0, 0.1) is 17.3 Å². The maximum atomic E-state index is 11.0. The summed E-state index contributed by atoms with van der Waals surface area (Å²) in [6.07, 6.45) is 6.99. The van der Waals surface area contributed by atoms with Crippen LogP contribution in [-0.4, -0.2) is 11.1 Å². The number of carboxylic acid groups (broad SMARTS) is 1. The van der Waals surface area contributed by atoms with E-state index in [1.807, 2.05) is 0 Å². The zero-order valence-corrected chi connectivity index (χ0v) is 8.25. The Morgan fingerprint density at radius 1 is 1.31 bits per heavy atom. The summed E-state index contributed by atoms with van der Waals surface area (Å²) in [7, 11) is 0. The summed E-state index contributed by atoms with van der Waals surface area (Å²) >= 11 is 0. The lowest BCUT2D eigenvalue weighted by molar-refractivity contribution is -0.144. The first-order chi connectivity index (χ1) is 6.13. The first-order valence-corrected chi connectivity index (χ1v) is 5.36. The van der Waals surface area contributed by atoms with Gasteiger partial charge < -0.3 is 5.11 Å². The lowest BCUT2D eigenvalue weighted by atomic mass is 9.67. The van der Waals surface area contributed by atoms with Crippen molar-refractivity contribution in [2.45, 2.75) is 45.4 Å². The Hall–Kier alpha value is -0.530. The van der Waals surface area contributed by atoms with E-state index in [-0.39, 0.29) is 5.92 Å². The van der Waals surface area contributed by atoms with Gasteiger partial charge in [-0.1, -0.05) is 19.8 Å². The van der Waals surface area contributed by atoms with Gasteiger partial charge in [-0.3, -0.25) is 4.79 Å². The van der Waals surface area contributed by atoms with Crippen molar-refractivity contribution in [3.63, 3.8) is 0 Å². The predicted octanol–water partition coefficient (Wildman–Crippen LogP) is 2.68. The lowest BCUT2D eigenvalue weighted by Gasteiger charge is -2.37. The molecule has 2 rings (SSSR count). The first kappa shape index (κ1) is 9.04. The van der Waals surface area contributed by atoms with Crippen LogP contribution < -0.4 is 0 Å². The second-order valence-electron chi connectivity index (χ2n) is 4.99. The topological polar surface area (TPSA) is 37.3 Å². The Bertz CT molecular complexity index is 224. The smallest absolute Gasteiger partial charge is 0.306 e. The Morgan fingerprint density at radius 2 is 2.08 bits per heavy atom. The van der Waals surface area contributed by atoms with Crippen LogP contribution in [0.5, 0.6) is 0 Å². The van der Waals surface area contributed by atoms with Crippen molar-refractivity contribution in [2.24, 2.45) is 17.3 Å². The Labute approximate surface area is 79.3 Å². The summed E-state index contributed by atoms with van der Waals surface area (Å²) in [5, 5.41) is 9.07. The fourth-order valence-corrected chi connectivity index (χ4v) is 3.41. The molecule has 0 aromatic rings. The van der Waals surface area contributed by atoms with E-state index in [4.69, 9.17) is 5.11 Å². The van der Waals surface area contributed by atoms with Crippen molar-refractivity contribution in [2.75, 3.05) is 0 Å². The Balaban J connectivity index is 2.17. The molecule has 2 saturated carbocycles. The normalized spacial score (nSPS) is 44.4. The Morgan fingerprint density at radius 3 is 2.77 bits per heavy atom. The molecule has 0 heterocycles. The highest BCUT2D eigenvalue weighted by Crippen LogP contribution is 2.54. The van der Waals surface area contributed by atoms with Gasteiger partial charge in [0.25, 0.3) is 0 Å². The lowest BCUT2D eigenvalue weighted by Crippen LogP contribution is -2.31. The highest BCUT2D eigenvalue weighted by molar-refractivity contribution is 5.71. The molecule has 2 heteroatoms. The summed E-state index contributed by atoms with van der Waals surface area (Å²) in [6.45, 7) is 2.29. The van der Waals surface area contributed by atoms with Crippen LogP contribution in [0.2, 0.25) is 0 Å². The van der Waals surface area contributed by atoms with Gasteiger partial charge in [-0.25, -0.2) is 0 Å². The van der Waals surface area contributed by atoms with E-state index in [1.54, 1.807) is 0 Å². The molecule has 2 aliphatic carbocycles. The van der Waals surface area contributed by atoms with Crippen LogP contribution in [0.25, 0.3) is 0 Å². The van der Waals surface area contributed by atoms with Gasteiger partial charge >= 0.3 is 5.97 Å². The zero-order chi connectivity index (χ0) is 9.47. The molecule has 0 spiro atoms. The number of carbonyl (C=O) groups is 1. The van der Waals surface area contributed by atoms with Gasteiger partial charge in [0, 0.05) is 0 Å². The minimum atomic E-state index is -0.560. The van der Waals surface area contributed by atoms with Crippen molar-refractivity contribution in [3.05, 3.63) is 0 Å². The SMILES string of the molecule is CC12CCCCC1C(C(=O)O)CC2. The van der Waals surface area contributed by atoms with E-state index >= 15 is 0 Å². The average molecular weight is 182 g/mol. The number of carboxylic acids is 1. The second kappa shape index (κ2) is 3.00. The summed E-state index contributed by atoms with van der Waals surface area (Å²) in [5.74, 6) is -0.125. The number of hydrogen-bond acceptors (Lipinski definition) is 1. The monoisotopic (exact) mass is 182 g/mol. The maximum absolute atomic E-state index is 11.0. The first-order valence-electron chi connectivity index (χ1n) is 5.36. The third-order valence-electron chi connectivity index (χ3n) is 4.24. The fourth-order valence-electron chi connectivity index (χ4n) is 3.41. The van der Waals surface area contributed by atoms with Gasteiger partial charge in [-0.15, -0.1) is 0 Å². The predicted molar refractivity (Wildman–Crippen MR) is 50.4 cm³/mol. The van der Waals surface area contributed by atoms with Crippen molar-refractivity contribution < 1.29 is 9.90 Å². The summed E-state index contributed by atoms with van der Waals surface area (Å²) < 4.78 is 0. The van der Waals surface area contributed by atoms with Gasteiger partial charge in [0.2, 0.25) is 0 Å². The molecule has 1 N–H and O–H groups in total. The van der Waals surface area contributed by atoms with Gasteiger partial charge in [0.15, 0.2) is 0 Å². The molecular formula is C11H18O2.